The summed E-state index contributed by atoms with van der Waals surface area (Å²) in [4.78, 5) is 22.8. The van der Waals surface area contributed by atoms with Gasteiger partial charge in [-0.25, -0.2) is 4.79 Å². The smallest absolute Gasteiger partial charge is 0.416 e. The molecule has 0 spiro atoms. The monoisotopic (exact) mass is 431 g/mol. The van der Waals surface area contributed by atoms with Crippen molar-refractivity contribution in [3.05, 3.63) is 62.7 Å². The fourth-order valence-corrected chi connectivity index (χ4v) is 2.83. The van der Waals surface area contributed by atoms with Gasteiger partial charge in [0.1, 0.15) is 23.2 Å². The summed E-state index contributed by atoms with van der Waals surface area (Å²) in [7, 11) is 0. The summed E-state index contributed by atoms with van der Waals surface area (Å²) < 4.78 is 53.9. The van der Waals surface area contributed by atoms with E-state index in [4.69, 9.17) is 25.8 Å². The normalized spacial score (nSPS) is 16.5. The summed E-state index contributed by atoms with van der Waals surface area (Å²) in [6.07, 6.45) is -4.62. The molecule has 11 heteroatoms. The first kappa shape index (κ1) is 20.9. The number of rotatable bonds is 5. The predicted molar refractivity (Wildman–Crippen MR) is 94.3 cm³/mol. The molecule has 0 saturated carbocycles. The average molecular weight is 432 g/mol. The van der Waals surface area contributed by atoms with E-state index in [1.165, 1.54) is 6.07 Å². The Balaban J connectivity index is 1.86. The van der Waals surface area contributed by atoms with E-state index >= 15 is 0 Å². The number of alkyl halides is 3. The van der Waals surface area contributed by atoms with Crippen molar-refractivity contribution in [1.82, 2.24) is 0 Å². The molecule has 154 valence electrons. The Morgan fingerprint density at radius 2 is 2.00 bits per heavy atom. The topological polar surface area (TPSA) is 87.9 Å². The maximum Gasteiger partial charge on any atom is 0.416 e. The van der Waals surface area contributed by atoms with Crippen LogP contribution < -0.4 is 4.74 Å². The highest BCUT2D eigenvalue weighted by Crippen LogP contribution is 2.37. The molecule has 0 radical (unpaired) electrons. The molecule has 1 atom stereocenters. The highest BCUT2D eigenvalue weighted by atomic mass is 35.5. The number of nitrogens with zero attached hydrogens (tertiary/aromatic N) is 1. The summed E-state index contributed by atoms with van der Waals surface area (Å²) >= 11 is 5.84. The minimum atomic E-state index is -4.57. The van der Waals surface area contributed by atoms with E-state index in [0.29, 0.717) is 19.1 Å². The van der Waals surface area contributed by atoms with Crippen molar-refractivity contribution >= 4 is 23.3 Å². The highest BCUT2D eigenvalue weighted by Gasteiger charge is 2.31. The number of nitro benzene ring substituents is 1. The van der Waals surface area contributed by atoms with Gasteiger partial charge >= 0.3 is 12.1 Å². The quantitative estimate of drug-likeness (QED) is 0.376. The largest absolute Gasteiger partial charge is 0.456 e. The fourth-order valence-electron chi connectivity index (χ4n) is 2.61. The van der Waals surface area contributed by atoms with Crippen molar-refractivity contribution in [2.45, 2.75) is 18.7 Å². The van der Waals surface area contributed by atoms with Crippen molar-refractivity contribution in [2.75, 3.05) is 13.2 Å². The van der Waals surface area contributed by atoms with Crippen LogP contribution in [0.1, 0.15) is 22.3 Å². The lowest BCUT2D eigenvalue weighted by atomic mass is 10.1. The number of carbonyl (C=O) groups excluding carboxylic acids is 1. The van der Waals surface area contributed by atoms with Gasteiger partial charge in [-0.2, -0.15) is 13.2 Å². The van der Waals surface area contributed by atoms with E-state index in [1.807, 2.05) is 0 Å². The zero-order valence-corrected chi connectivity index (χ0v) is 15.3. The van der Waals surface area contributed by atoms with Crippen LogP contribution in [0.3, 0.4) is 0 Å². The summed E-state index contributed by atoms with van der Waals surface area (Å²) in [6, 6.07) is 5.79. The van der Waals surface area contributed by atoms with Gasteiger partial charge in [0.25, 0.3) is 5.69 Å². The van der Waals surface area contributed by atoms with Crippen LogP contribution in [0.5, 0.6) is 11.5 Å². The van der Waals surface area contributed by atoms with Gasteiger partial charge in [-0.15, -0.1) is 0 Å². The molecule has 2 aromatic rings. The van der Waals surface area contributed by atoms with Crippen LogP contribution in [0.2, 0.25) is 5.02 Å². The van der Waals surface area contributed by atoms with Gasteiger partial charge in [0, 0.05) is 18.6 Å². The lowest BCUT2D eigenvalue weighted by Crippen LogP contribution is -2.19. The molecule has 1 heterocycles. The molecule has 0 aromatic heterocycles. The molecule has 1 fully saturated rings. The number of benzene rings is 2. The molecule has 0 amide bonds. The first-order valence-corrected chi connectivity index (χ1v) is 8.64. The van der Waals surface area contributed by atoms with Gasteiger partial charge in [-0.1, -0.05) is 11.6 Å². The third-order valence-corrected chi connectivity index (χ3v) is 4.33. The summed E-state index contributed by atoms with van der Waals surface area (Å²) in [5.74, 6) is -1.08. The van der Waals surface area contributed by atoms with Crippen LogP contribution in [-0.2, 0) is 15.7 Å². The standard InChI is InChI=1S/C18H13ClF3NO6/c19-14-7-10(18(20,21)22)1-4-16(14)28-11-2-3-15(23(25)26)13(8-11)17(24)29-12-5-6-27-9-12/h1-4,7-8,12H,5-6,9H2. The van der Waals surface area contributed by atoms with Gasteiger partial charge in [0.15, 0.2) is 0 Å². The van der Waals surface area contributed by atoms with E-state index in [-0.39, 0.29) is 28.7 Å². The van der Waals surface area contributed by atoms with E-state index in [9.17, 15) is 28.1 Å². The molecular formula is C18H13ClF3NO6. The van der Waals surface area contributed by atoms with Crippen LogP contribution in [0.15, 0.2) is 36.4 Å². The maximum atomic E-state index is 12.7. The molecule has 2 aromatic carbocycles. The zero-order valence-electron chi connectivity index (χ0n) is 14.6. The van der Waals surface area contributed by atoms with Crippen molar-refractivity contribution in [2.24, 2.45) is 0 Å². The minimum absolute atomic E-state index is 0.0353. The molecule has 1 aliphatic rings. The van der Waals surface area contributed by atoms with Gasteiger partial charge in [-0.05, 0) is 24.3 Å². The van der Waals surface area contributed by atoms with Crippen LogP contribution in [0, 0.1) is 10.1 Å². The Hall–Kier alpha value is -2.85. The molecule has 0 aliphatic carbocycles. The summed E-state index contributed by atoms with van der Waals surface area (Å²) in [6.45, 7) is 0.604. The fraction of sp³-hybridized carbons (Fsp3) is 0.278. The van der Waals surface area contributed by atoms with Gasteiger partial charge < -0.3 is 14.2 Å². The van der Waals surface area contributed by atoms with Crippen molar-refractivity contribution in [1.29, 1.82) is 0 Å². The van der Waals surface area contributed by atoms with Crippen LogP contribution >= 0.6 is 11.6 Å². The highest BCUT2D eigenvalue weighted by molar-refractivity contribution is 6.32. The Labute approximate surface area is 167 Å². The molecule has 0 bridgehead atoms. The lowest BCUT2D eigenvalue weighted by molar-refractivity contribution is -0.385. The van der Waals surface area contributed by atoms with Gasteiger partial charge in [0.05, 0.1) is 28.7 Å². The number of nitro groups is 1. The van der Waals surface area contributed by atoms with Crippen molar-refractivity contribution in [3.8, 4) is 11.5 Å². The summed E-state index contributed by atoms with van der Waals surface area (Å²) in [5, 5.41) is 10.9. The molecule has 1 unspecified atom stereocenters. The van der Waals surface area contributed by atoms with Crippen LogP contribution in [0.4, 0.5) is 18.9 Å². The van der Waals surface area contributed by atoms with Crippen molar-refractivity contribution in [3.63, 3.8) is 0 Å². The number of hydrogen-bond donors (Lipinski definition) is 0. The number of ether oxygens (including phenoxy) is 3. The van der Waals surface area contributed by atoms with E-state index in [1.54, 1.807) is 0 Å². The predicted octanol–water partition coefficient (Wildman–Crippen LogP) is 5.01. The Morgan fingerprint density at radius 3 is 2.59 bits per heavy atom. The van der Waals surface area contributed by atoms with E-state index in [2.05, 4.69) is 0 Å². The van der Waals surface area contributed by atoms with Crippen molar-refractivity contribution < 1.29 is 37.1 Å². The lowest BCUT2D eigenvalue weighted by Gasteiger charge is -2.13. The van der Waals surface area contributed by atoms with Gasteiger partial charge in [-0.3, -0.25) is 10.1 Å². The first-order chi connectivity index (χ1) is 13.6. The van der Waals surface area contributed by atoms with E-state index < -0.39 is 34.4 Å². The molecular weight excluding hydrogens is 419 g/mol. The number of halogens is 4. The minimum Gasteiger partial charge on any atom is -0.456 e. The molecule has 3 rings (SSSR count). The number of hydrogen-bond acceptors (Lipinski definition) is 6. The second kappa shape index (κ2) is 8.26. The Bertz CT molecular complexity index is 944. The third kappa shape index (κ3) is 4.96. The molecule has 1 aliphatic heterocycles. The SMILES string of the molecule is O=C(OC1CCOC1)c1cc(Oc2ccc(C(F)(F)F)cc2Cl)ccc1[N+](=O)[O-]. The number of esters is 1. The summed E-state index contributed by atoms with van der Waals surface area (Å²) in [5.41, 5.74) is -1.82. The first-order valence-electron chi connectivity index (χ1n) is 8.27. The molecule has 7 nitrogen and oxygen atoms in total. The number of carbonyl (C=O) groups is 1. The average Bonchev–Trinajstić information content (AvgIpc) is 3.15. The molecule has 29 heavy (non-hydrogen) atoms. The second-order valence-electron chi connectivity index (χ2n) is 6.07. The van der Waals surface area contributed by atoms with Gasteiger partial charge in [0.2, 0.25) is 0 Å². The molecule has 0 N–H and O–H groups in total. The van der Waals surface area contributed by atoms with Crippen LogP contribution in [-0.4, -0.2) is 30.2 Å². The van der Waals surface area contributed by atoms with Crippen LogP contribution in [0.25, 0.3) is 0 Å². The Kier molecular flexibility index (Phi) is 5.94. The zero-order chi connectivity index (χ0) is 21.2. The maximum absolute atomic E-state index is 12.7. The van der Waals surface area contributed by atoms with E-state index in [0.717, 1.165) is 24.3 Å². The molecule has 1 saturated heterocycles. The Morgan fingerprint density at radius 1 is 1.24 bits per heavy atom. The third-order valence-electron chi connectivity index (χ3n) is 4.03. The second-order valence-corrected chi connectivity index (χ2v) is 6.48.